The van der Waals surface area contributed by atoms with Gasteiger partial charge in [0.05, 0.1) is 58.9 Å². The number of allylic oxidation sites excluding steroid dienone is 1. The lowest BCUT2D eigenvalue weighted by molar-refractivity contribution is -0.0191. The van der Waals surface area contributed by atoms with Crippen LogP contribution in [0, 0.1) is 11.8 Å². The summed E-state index contributed by atoms with van der Waals surface area (Å²) in [7, 11) is 1.89. The van der Waals surface area contributed by atoms with Crippen molar-refractivity contribution in [1.82, 2.24) is 10.3 Å². The standard InChI is InChI=1S/C18H40N4O6/c1-14(21-2)3-4-17(19)5-22(20)18(12-27-10-15(6-23)7-24)13-28-11-16(8-25)9-26/h5,14-16,18,21,23-26H,3-4,6-13,19-20H2,1-2H3/b17-5-. The summed E-state index contributed by atoms with van der Waals surface area (Å²) >= 11 is 0. The molecule has 0 aromatic heterocycles. The lowest BCUT2D eigenvalue weighted by atomic mass is 10.1. The van der Waals surface area contributed by atoms with E-state index >= 15 is 0 Å². The summed E-state index contributed by atoms with van der Waals surface area (Å²) in [5, 5.41) is 41.1. The molecular weight excluding hydrogens is 368 g/mol. The average Bonchev–Trinajstić information content (AvgIpc) is 2.70. The van der Waals surface area contributed by atoms with E-state index in [9.17, 15) is 0 Å². The summed E-state index contributed by atoms with van der Waals surface area (Å²) in [5.41, 5.74) is 6.68. The second-order valence-electron chi connectivity index (χ2n) is 7.07. The van der Waals surface area contributed by atoms with Gasteiger partial charge in [0.1, 0.15) is 0 Å². The van der Waals surface area contributed by atoms with E-state index in [0.29, 0.717) is 18.2 Å². The predicted octanol–water partition coefficient (Wildman–Crippen LogP) is -2.05. The number of nitrogens with zero attached hydrogens (tertiary/aromatic N) is 1. The van der Waals surface area contributed by atoms with Crippen molar-refractivity contribution in [2.75, 3.05) is 59.9 Å². The van der Waals surface area contributed by atoms with Crippen molar-refractivity contribution in [2.24, 2.45) is 23.4 Å². The van der Waals surface area contributed by atoms with Gasteiger partial charge in [0.25, 0.3) is 0 Å². The van der Waals surface area contributed by atoms with Gasteiger partial charge in [-0.1, -0.05) is 0 Å². The van der Waals surface area contributed by atoms with Crippen molar-refractivity contribution >= 4 is 0 Å². The topological polar surface area (TPSA) is 167 Å². The number of nitrogens with one attached hydrogen (secondary N) is 1. The van der Waals surface area contributed by atoms with Crippen LogP contribution < -0.4 is 16.9 Å². The van der Waals surface area contributed by atoms with Gasteiger partial charge in [0.2, 0.25) is 0 Å². The Kier molecular flexibility index (Phi) is 16.3. The van der Waals surface area contributed by atoms with Crippen LogP contribution in [-0.2, 0) is 9.47 Å². The normalized spacial score (nSPS) is 13.7. The van der Waals surface area contributed by atoms with E-state index < -0.39 is 0 Å². The van der Waals surface area contributed by atoms with Crippen LogP contribution >= 0.6 is 0 Å². The molecule has 168 valence electrons. The zero-order valence-electron chi connectivity index (χ0n) is 17.2. The molecule has 0 rings (SSSR count). The molecule has 0 spiro atoms. The van der Waals surface area contributed by atoms with Crippen molar-refractivity contribution in [2.45, 2.75) is 31.8 Å². The predicted molar refractivity (Wildman–Crippen MR) is 107 cm³/mol. The molecule has 0 aliphatic heterocycles. The second kappa shape index (κ2) is 16.9. The molecule has 0 heterocycles. The van der Waals surface area contributed by atoms with Crippen molar-refractivity contribution in [3.63, 3.8) is 0 Å². The van der Waals surface area contributed by atoms with Gasteiger partial charge in [-0.25, -0.2) is 5.84 Å². The fourth-order valence-corrected chi connectivity index (χ4v) is 2.18. The highest BCUT2D eigenvalue weighted by Gasteiger charge is 2.17. The summed E-state index contributed by atoms with van der Waals surface area (Å²) in [4.78, 5) is 0. The summed E-state index contributed by atoms with van der Waals surface area (Å²) in [5.74, 6) is 5.41. The summed E-state index contributed by atoms with van der Waals surface area (Å²) in [6.45, 7) is 2.15. The largest absolute Gasteiger partial charge is 0.401 e. The van der Waals surface area contributed by atoms with Gasteiger partial charge in [0, 0.05) is 29.8 Å². The third-order valence-corrected chi connectivity index (χ3v) is 4.46. The molecule has 1 unspecified atom stereocenters. The molecule has 9 N–H and O–H groups in total. The fourth-order valence-electron chi connectivity index (χ4n) is 2.18. The van der Waals surface area contributed by atoms with Crippen LogP contribution in [0.2, 0.25) is 0 Å². The molecule has 0 aromatic rings. The minimum Gasteiger partial charge on any atom is -0.401 e. The summed E-state index contributed by atoms with van der Waals surface area (Å²) < 4.78 is 11.1. The lowest BCUT2D eigenvalue weighted by Crippen LogP contribution is -2.44. The first-order chi connectivity index (χ1) is 13.4. The molecule has 0 saturated carbocycles. The van der Waals surface area contributed by atoms with E-state index in [1.54, 1.807) is 6.20 Å². The first-order valence-electron chi connectivity index (χ1n) is 9.67. The van der Waals surface area contributed by atoms with Crippen LogP contribution in [0.15, 0.2) is 11.9 Å². The lowest BCUT2D eigenvalue weighted by Gasteiger charge is -2.28. The van der Waals surface area contributed by atoms with Crippen molar-refractivity contribution in [3.05, 3.63) is 11.9 Å². The Morgan fingerprint density at radius 1 is 0.964 bits per heavy atom. The van der Waals surface area contributed by atoms with E-state index in [0.717, 1.165) is 6.42 Å². The van der Waals surface area contributed by atoms with Gasteiger partial charge < -0.3 is 46.0 Å². The molecule has 0 radical (unpaired) electrons. The van der Waals surface area contributed by atoms with E-state index in [2.05, 4.69) is 12.2 Å². The van der Waals surface area contributed by atoms with Crippen LogP contribution in [-0.4, -0.2) is 97.4 Å². The van der Waals surface area contributed by atoms with Crippen LogP contribution in [0.25, 0.3) is 0 Å². The SMILES string of the molecule is CNC(C)CC/C(N)=C/N(N)C(COCC(CO)CO)COCC(CO)CO. The third kappa shape index (κ3) is 12.5. The van der Waals surface area contributed by atoms with E-state index in [1.165, 1.54) is 5.01 Å². The monoisotopic (exact) mass is 408 g/mol. The van der Waals surface area contributed by atoms with Gasteiger partial charge >= 0.3 is 0 Å². The fraction of sp³-hybridized carbons (Fsp3) is 0.889. The van der Waals surface area contributed by atoms with Gasteiger partial charge in [-0.05, 0) is 26.8 Å². The number of nitrogens with two attached hydrogens (primary N) is 2. The smallest absolute Gasteiger partial charge is 0.0912 e. The third-order valence-electron chi connectivity index (χ3n) is 4.46. The van der Waals surface area contributed by atoms with E-state index in [-0.39, 0.29) is 70.7 Å². The van der Waals surface area contributed by atoms with Gasteiger partial charge in [-0.3, -0.25) is 0 Å². The molecular formula is C18H40N4O6. The molecule has 0 fully saturated rings. The number of aliphatic hydroxyl groups is 4. The summed E-state index contributed by atoms with van der Waals surface area (Å²) in [6, 6.07) is -0.0280. The van der Waals surface area contributed by atoms with Crippen LogP contribution in [0.1, 0.15) is 19.8 Å². The van der Waals surface area contributed by atoms with Crippen LogP contribution in [0.4, 0.5) is 0 Å². The first-order valence-corrected chi connectivity index (χ1v) is 9.67. The molecule has 1 atom stereocenters. The highest BCUT2D eigenvalue weighted by molar-refractivity contribution is 4.97. The van der Waals surface area contributed by atoms with Gasteiger partial charge in [0.15, 0.2) is 0 Å². The van der Waals surface area contributed by atoms with Crippen LogP contribution in [0.3, 0.4) is 0 Å². The van der Waals surface area contributed by atoms with E-state index in [1.807, 2.05) is 7.05 Å². The summed E-state index contributed by atoms with van der Waals surface area (Å²) in [6.07, 6.45) is 3.19. The van der Waals surface area contributed by atoms with Crippen LogP contribution in [0.5, 0.6) is 0 Å². The molecule has 0 aliphatic rings. The molecule has 10 heteroatoms. The number of aliphatic hydroxyl groups excluding tert-OH is 4. The maximum Gasteiger partial charge on any atom is 0.0912 e. The van der Waals surface area contributed by atoms with E-state index in [4.69, 9.17) is 41.5 Å². The molecule has 28 heavy (non-hydrogen) atoms. The molecule has 0 bridgehead atoms. The number of ether oxygens (including phenoxy) is 2. The molecule has 0 saturated heterocycles. The first kappa shape index (κ1) is 27.0. The van der Waals surface area contributed by atoms with Crippen molar-refractivity contribution in [1.29, 1.82) is 0 Å². The Balaban J connectivity index is 4.73. The molecule has 10 nitrogen and oxygen atoms in total. The molecule has 0 amide bonds. The molecule has 0 aromatic carbocycles. The minimum absolute atomic E-state index is 0.171. The average molecular weight is 409 g/mol. The van der Waals surface area contributed by atoms with Gasteiger partial charge in [-0.2, -0.15) is 0 Å². The number of hydrogen-bond acceptors (Lipinski definition) is 10. The Morgan fingerprint density at radius 3 is 1.82 bits per heavy atom. The number of rotatable bonds is 18. The Hall–Kier alpha value is -0.980. The van der Waals surface area contributed by atoms with Crippen molar-refractivity contribution in [3.8, 4) is 0 Å². The number of hydrogen-bond donors (Lipinski definition) is 7. The van der Waals surface area contributed by atoms with Gasteiger partial charge in [-0.15, -0.1) is 0 Å². The quantitative estimate of drug-likeness (QED) is 0.0991. The maximum atomic E-state index is 9.12. The Bertz CT molecular complexity index is 376. The Labute approximate surface area is 168 Å². The zero-order valence-corrected chi connectivity index (χ0v) is 17.2. The zero-order chi connectivity index (χ0) is 21.4. The maximum absolute atomic E-state index is 9.12. The minimum atomic E-state index is -0.364. The Morgan fingerprint density at radius 2 is 1.43 bits per heavy atom. The molecule has 0 aliphatic carbocycles. The highest BCUT2D eigenvalue weighted by atomic mass is 16.5. The van der Waals surface area contributed by atoms with Crippen molar-refractivity contribution < 1.29 is 29.9 Å². The number of hydrazine groups is 1. The second-order valence-corrected chi connectivity index (χ2v) is 7.07. The highest BCUT2D eigenvalue weighted by Crippen LogP contribution is 2.07.